The van der Waals surface area contributed by atoms with Gasteiger partial charge in [-0.05, 0) is 92.2 Å². The zero-order valence-corrected chi connectivity index (χ0v) is 19.9. The van der Waals surface area contributed by atoms with Gasteiger partial charge in [0.25, 0.3) is 5.91 Å². The molecule has 0 bridgehead atoms. The van der Waals surface area contributed by atoms with E-state index in [1.165, 1.54) is 24.1 Å². The van der Waals surface area contributed by atoms with Crippen LogP contribution in [0.5, 0.6) is 0 Å². The first-order chi connectivity index (χ1) is 14.5. The van der Waals surface area contributed by atoms with Crippen LogP contribution in [0.15, 0.2) is 24.3 Å². The third-order valence-corrected chi connectivity index (χ3v) is 6.74. The predicted octanol–water partition coefficient (Wildman–Crippen LogP) is 4.18. The van der Waals surface area contributed by atoms with E-state index < -0.39 is 0 Å². The Morgan fingerprint density at radius 2 is 1.80 bits per heavy atom. The number of aryl methyl sites for hydroxylation is 1. The zero-order chi connectivity index (χ0) is 21.1. The lowest BCUT2D eigenvalue weighted by Crippen LogP contribution is -2.40. The highest BCUT2D eigenvalue weighted by Crippen LogP contribution is 2.29. The lowest BCUT2D eigenvalue weighted by Gasteiger charge is -2.30. The summed E-state index contributed by atoms with van der Waals surface area (Å²) in [6.45, 7) is 0. The number of anilines is 2. The summed E-state index contributed by atoms with van der Waals surface area (Å²) in [4.78, 5) is 24.3. The van der Waals surface area contributed by atoms with E-state index in [1.54, 1.807) is 0 Å². The second-order valence-electron chi connectivity index (χ2n) is 8.57. The number of rotatable bonds is 5. The van der Waals surface area contributed by atoms with Gasteiger partial charge in [0.1, 0.15) is 5.82 Å². The van der Waals surface area contributed by atoms with Crippen molar-refractivity contribution in [3.63, 3.8) is 0 Å². The quantitative estimate of drug-likeness (QED) is 0.581. The molecule has 0 aliphatic heterocycles. The van der Waals surface area contributed by atoms with Crippen molar-refractivity contribution in [1.29, 1.82) is 0 Å². The highest BCUT2D eigenvalue weighted by atomic mass is 127. The maximum atomic E-state index is 12.5. The van der Waals surface area contributed by atoms with E-state index in [1.807, 2.05) is 24.3 Å². The lowest BCUT2D eigenvalue weighted by molar-refractivity contribution is 0.0926. The normalized spacial score (nSPS) is 20.9. The topological polar surface area (TPSA) is 70.2 Å². The third kappa shape index (κ3) is 5.04. The summed E-state index contributed by atoms with van der Waals surface area (Å²) in [5.41, 5.74) is 3.26. The molecule has 0 spiro atoms. The molecule has 0 radical (unpaired) electrons. The van der Waals surface area contributed by atoms with Crippen molar-refractivity contribution in [3.05, 3.63) is 44.7 Å². The van der Waals surface area contributed by atoms with Crippen molar-refractivity contribution in [2.24, 2.45) is 0 Å². The number of nitrogens with zero attached hydrogens (tertiary/aromatic N) is 3. The minimum atomic E-state index is 0.0265. The van der Waals surface area contributed by atoms with Crippen LogP contribution in [0.2, 0.25) is 0 Å². The average Bonchev–Trinajstić information content (AvgIpc) is 2.74. The summed E-state index contributed by atoms with van der Waals surface area (Å²) in [5, 5.41) is 6.78. The molecule has 2 N–H and O–H groups in total. The monoisotopic (exact) mass is 519 g/mol. The smallest absolute Gasteiger partial charge is 0.251 e. The van der Waals surface area contributed by atoms with Crippen molar-refractivity contribution < 1.29 is 4.79 Å². The number of hydrogen-bond donors (Lipinski definition) is 2. The van der Waals surface area contributed by atoms with E-state index >= 15 is 0 Å². The Balaban J connectivity index is 1.35. The molecule has 1 fully saturated rings. The van der Waals surface area contributed by atoms with Crippen molar-refractivity contribution in [2.75, 3.05) is 24.3 Å². The minimum absolute atomic E-state index is 0.0265. The largest absolute Gasteiger partial charge is 0.362 e. The maximum absolute atomic E-state index is 12.5. The van der Waals surface area contributed by atoms with Crippen molar-refractivity contribution in [2.45, 2.75) is 63.5 Å². The van der Waals surface area contributed by atoms with E-state index in [-0.39, 0.29) is 11.9 Å². The Kier molecular flexibility index (Phi) is 6.75. The van der Waals surface area contributed by atoms with Gasteiger partial charge >= 0.3 is 0 Å². The maximum Gasteiger partial charge on any atom is 0.251 e. The van der Waals surface area contributed by atoms with Crippen LogP contribution in [0.1, 0.15) is 60.1 Å². The lowest BCUT2D eigenvalue weighted by atomic mass is 9.91. The summed E-state index contributed by atoms with van der Waals surface area (Å²) in [7, 11) is 4.12. The number of fused-ring (bicyclic) bond motifs is 1. The van der Waals surface area contributed by atoms with Gasteiger partial charge in [-0.15, -0.1) is 0 Å². The van der Waals surface area contributed by atoms with Gasteiger partial charge in [0.05, 0.1) is 5.69 Å². The number of carbonyl (C=O) groups excluding carboxylic acids is 1. The highest BCUT2D eigenvalue weighted by Gasteiger charge is 2.25. The fraction of sp³-hybridized carbons (Fsp3) is 0.522. The molecule has 1 aromatic carbocycles. The van der Waals surface area contributed by atoms with Gasteiger partial charge in [0.15, 0.2) is 0 Å². The number of carbonyl (C=O) groups is 1. The number of benzene rings is 1. The fourth-order valence-corrected chi connectivity index (χ4v) is 5.01. The molecule has 2 aliphatic rings. The van der Waals surface area contributed by atoms with Crippen LogP contribution in [0.4, 0.5) is 11.8 Å². The minimum Gasteiger partial charge on any atom is -0.362 e. The van der Waals surface area contributed by atoms with Crippen LogP contribution in [0, 0.1) is 3.57 Å². The molecule has 1 heterocycles. The van der Waals surface area contributed by atoms with Crippen LogP contribution in [0.3, 0.4) is 0 Å². The number of halogens is 1. The zero-order valence-electron chi connectivity index (χ0n) is 17.7. The summed E-state index contributed by atoms with van der Waals surface area (Å²) in [6.07, 6.45) is 8.52. The van der Waals surface area contributed by atoms with Gasteiger partial charge in [0, 0.05) is 40.9 Å². The van der Waals surface area contributed by atoms with Gasteiger partial charge in [-0.2, -0.15) is 4.98 Å². The van der Waals surface area contributed by atoms with Crippen molar-refractivity contribution in [1.82, 2.24) is 15.3 Å². The van der Waals surface area contributed by atoms with Gasteiger partial charge in [-0.3, -0.25) is 4.79 Å². The number of hydrogen-bond acceptors (Lipinski definition) is 5. The second kappa shape index (κ2) is 9.49. The van der Waals surface area contributed by atoms with E-state index in [0.29, 0.717) is 6.04 Å². The highest BCUT2D eigenvalue weighted by molar-refractivity contribution is 14.1. The van der Waals surface area contributed by atoms with Crippen LogP contribution in [-0.2, 0) is 12.8 Å². The van der Waals surface area contributed by atoms with E-state index in [0.717, 1.165) is 59.4 Å². The fourth-order valence-electron chi connectivity index (χ4n) is 4.47. The Labute approximate surface area is 192 Å². The first kappa shape index (κ1) is 21.3. The van der Waals surface area contributed by atoms with Crippen LogP contribution in [0.25, 0.3) is 0 Å². The van der Waals surface area contributed by atoms with E-state index in [9.17, 15) is 4.79 Å². The Morgan fingerprint density at radius 3 is 2.53 bits per heavy atom. The number of aromatic nitrogens is 2. The molecule has 4 rings (SSSR count). The molecule has 160 valence electrons. The molecule has 0 atom stereocenters. The Hall–Kier alpha value is -1.90. The van der Waals surface area contributed by atoms with E-state index in [4.69, 9.17) is 9.97 Å². The Bertz CT molecular complexity index is 908. The molecule has 1 saturated carbocycles. The summed E-state index contributed by atoms with van der Waals surface area (Å²) in [6, 6.07) is 8.32. The van der Waals surface area contributed by atoms with E-state index in [2.05, 4.69) is 52.2 Å². The molecule has 7 heteroatoms. The molecule has 2 aromatic rings. The van der Waals surface area contributed by atoms with Gasteiger partial charge in [-0.25, -0.2) is 4.98 Å². The SMILES string of the molecule is CN(C)c1nc(NC2CCC(NC(=O)c3cccc(I)c3)CC2)nc2c1CCCC2. The van der Waals surface area contributed by atoms with Crippen molar-refractivity contribution in [3.8, 4) is 0 Å². The summed E-state index contributed by atoms with van der Waals surface area (Å²) >= 11 is 2.24. The third-order valence-electron chi connectivity index (χ3n) is 6.07. The molecule has 0 saturated heterocycles. The molecular formula is C23H30IN5O. The van der Waals surface area contributed by atoms with Crippen LogP contribution < -0.4 is 15.5 Å². The number of nitrogens with one attached hydrogen (secondary N) is 2. The summed E-state index contributed by atoms with van der Waals surface area (Å²) in [5.74, 6) is 1.84. The van der Waals surface area contributed by atoms with Gasteiger partial charge < -0.3 is 15.5 Å². The molecule has 1 amide bonds. The first-order valence-electron chi connectivity index (χ1n) is 10.9. The molecule has 1 aromatic heterocycles. The molecular weight excluding hydrogens is 489 g/mol. The molecule has 2 aliphatic carbocycles. The Morgan fingerprint density at radius 1 is 1.07 bits per heavy atom. The summed E-state index contributed by atoms with van der Waals surface area (Å²) < 4.78 is 1.08. The average molecular weight is 519 g/mol. The predicted molar refractivity (Wildman–Crippen MR) is 129 cm³/mol. The second-order valence-corrected chi connectivity index (χ2v) is 9.82. The molecule has 30 heavy (non-hydrogen) atoms. The molecule has 0 unspecified atom stereocenters. The van der Waals surface area contributed by atoms with Gasteiger partial charge in [-0.1, -0.05) is 6.07 Å². The standard InChI is InChI=1S/C23H30IN5O/c1-29(2)21-19-8-3-4-9-20(19)27-23(28-21)26-18-12-10-17(11-13-18)25-22(30)15-6-5-7-16(24)14-15/h5-7,14,17-18H,3-4,8-13H2,1-2H3,(H,25,30)(H,26,27,28). The number of amides is 1. The van der Waals surface area contributed by atoms with Gasteiger partial charge in [0.2, 0.25) is 5.95 Å². The first-order valence-corrected chi connectivity index (χ1v) is 12.0. The van der Waals surface area contributed by atoms with Crippen LogP contribution >= 0.6 is 22.6 Å². The molecule has 6 nitrogen and oxygen atoms in total. The van der Waals surface area contributed by atoms with Crippen LogP contribution in [-0.4, -0.2) is 42.1 Å². The van der Waals surface area contributed by atoms with Crippen molar-refractivity contribution >= 4 is 40.3 Å².